The van der Waals surface area contributed by atoms with Gasteiger partial charge in [-0.1, -0.05) is 407 Å². The maximum absolute atomic E-state index is 4.75. The third-order valence-corrected chi connectivity index (χ3v) is 21.4. The highest BCUT2D eigenvalue weighted by atomic mass is 15.2. The van der Waals surface area contributed by atoms with Gasteiger partial charge in [-0.15, -0.1) is 0 Å². The topological polar surface area (TPSA) is 46.9 Å². The Morgan fingerprint density at radius 3 is 1.11 bits per heavy atom. The number of benzene rings is 12. The van der Waals surface area contributed by atoms with Crippen LogP contribution in [0, 0.1) is 0 Å². The van der Waals surface area contributed by atoms with Crippen LogP contribution in [-0.4, -0.2) is 36.8 Å². The fourth-order valence-corrected chi connectivity index (χ4v) is 17.1. The van der Waals surface area contributed by atoms with Gasteiger partial charge >= 0.3 is 0 Å². The number of imidazole rings is 2. The summed E-state index contributed by atoms with van der Waals surface area (Å²) in [6.07, 6.45) is 5.71. The van der Waals surface area contributed by atoms with Crippen molar-refractivity contribution in [3.05, 3.63) is 300 Å². The van der Waals surface area contributed by atoms with Crippen molar-refractivity contribution in [1.82, 2.24) is 36.8 Å². The van der Waals surface area contributed by atoms with Crippen LogP contribution in [0.25, 0.3) is 149 Å². The number of aromatic nitrogens is 8. The summed E-state index contributed by atoms with van der Waals surface area (Å²) < 4.78 is 16.4. The first kappa shape index (κ1) is 108. The van der Waals surface area contributed by atoms with Crippen LogP contribution >= 0.6 is 0 Å². The molecule has 0 N–H and O–H groups in total. The summed E-state index contributed by atoms with van der Waals surface area (Å²) in [6.45, 7) is 66.1. The molecule has 0 bridgehead atoms. The number of hydrogen-bond acceptors (Lipinski definition) is 1. The lowest BCUT2D eigenvalue weighted by molar-refractivity contribution is 0.759. The van der Waals surface area contributed by atoms with E-state index in [1.54, 1.807) is 0 Å². The van der Waals surface area contributed by atoms with Gasteiger partial charge in [-0.2, -0.15) is 0 Å². The number of nitrogens with zero attached hydrogens (tertiary/aromatic N) is 8. The second-order valence-corrected chi connectivity index (χ2v) is 27.6. The molecule has 8 nitrogen and oxygen atoms in total. The number of fused-ring (bicyclic) bond motifs is 29. The molecule has 127 heavy (non-hydrogen) atoms. The quantitative estimate of drug-likeness (QED) is 0.174. The Kier molecular flexibility index (Phi) is 47.9. The van der Waals surface area contributed by atoms with Crippen LogP contribution < -0.4 is 0 Å². The Bertz CT molecular complexity index is 6390. The van der Waals surface area contributed by atoms with Crippen LogP contribution in [-0.2, 0) is 60.0 Å². The molecule has 678 valence electrons. The summed E-state index contributed by atoms with van der Waals surface area (Å²) in [5.74, 6) is 1.03. The van der Waals surface area contributed by atoms with Gasteiger partial charge in [-0.05, 0) is 138 Å². The summed E-state index contributed by atoms with van der Waals surface area (Å²) in [4.78, 5) is 4.75. The molecule has 0 radical (unpaired) electrons. The van der Waals surface area contributed by atoms with E-state index in [2.05, 4.69) is 362 Å². The smallest absolute Gasteiger partial charge is 0.215 e. The molecule has 3 aliphatic carbocycles. The first-order valence-electron chi connectivity index (χ1n) is 49.3. The molecule has 7 heterocycles. The highest BCUT2D eigenvalue weighted by Crippen LogP contribution is 2.47. The average molecular weight is 1700 g/mol. The Hall–Kier alpha value is -11.6. The number of rotatable bonds is 3. The van der Waals surface area contributed by atoms with Crippen molar-refractivity contribution >= 4 is 115 Å². The molecule has 12 aromatic carbocycles. The van der Waals surface area contributed by atoms with Gasteiger partial charge in [-0.3, -0.25) is 4.40 Å². The minimum atomic E-state index is 0.931. The van der Waals surface area contributed by atoms with Crippen LogP contribution in [0.4, 0.5) is 0 Å². The first-order chi connectivity index (χ1) is 62.6. The Morgan fingerprint density at radius 1 is 0.244 bits per heavy atom. The minimum Gasteiger partial charge on any atom is -0.344 e. The molecule has 0 atom stereocenters. The predicted octanol–water partition coefficient (Wildman–Crippen LogP) is 37.0. The lowest BCUT2D eigenvalue weighted by atomic mass is 10.0. The highest BCUT2D eigenvalue weighted by molar-refractivity contribution is 6.25. The van der Waals surface area contributed by atoms with Gasteiger partial charge < -0.3 is 27.4 Å². The summed E-state index contributed by atoms with van der Waals surface area (Å²) in [7, 11) is 6.49. The maximum Gasteiger partial charge on any atom is 0.215 e. The first-order valence-corrected chi connectivity index (χ1v) is 49.3. The van der Waals surface area contributed by atoms with Crippen molar-refractivity contribution in [2.45, 2.75) is 266 Å². The van der Waals surface area contributed by atoms with Crippen molar-refractivity contribution < 1.29 is 0 Å². The fourth-order valence-electron chi connectivity index (χ4n) is 17.1. The van der Waals surface area contributed by atoms with Gasteiger partial charge in [0.15, 0.2) is 0 Å². The Morgan fingerprint density at radius 2 is 0.598 bits per heavy atom. The molecule has 0 saturated carbocycles. The lowest BCUT2D eigenvalue weighted by Crippen LogP contribution is -1.99. The second kappa shape index (κ2) is 56.5. The van der Waals surface area contributed by atoms with Crippen molar-refractivity contribution in [3.8, 4) is 33.5 Å². The number of para-hydroxylation sites is 9. The van der Waals surface area contributed by atoms with Gasteiger partial charge in [0.2, 0.25) is 5.78 Å². The summed E-state index contributed by atoms with van der Waals surface area (Å²) >= 11 is 0. The number of hydrogen-bond donors (Lipinski definition) is 0. The van der Waals surface area contributed by atoms with Gasteiger partial charge in [-0.25, -0.2) is 4.98 Å². The van der Waals surface area contributed by atoms with Crippen LogP contribution in [0.2, 0.25) is 0 Å². The van der Waals surface area contributed by atoms with Gasteiger partial charge in [0.25, 0.3) is 0 Å². The van der Waals surface area contributed by atoms with E-state index >= 15 is 0 Å². The largest absolute Gasteiger partial charge is 0.344 e. The third-order valence-electron chi connectivity index (χ3n) is 21.4. The molecule has 0 unspecified atom stereocenters. The second-order valence-electron chi connectivity index (χ2n) is 27.6. The molecule has 19 aromatic rings. The molecule has 3 aliphatic rings. The van der Waals surface area contributed by atoms with E-state index in [1.165, 1.54) is 184 Å². The number of aryl methyl sites for hydroxylation is 6. The normalized spacial score (nSPS) is 10.3. The van der Waals surface area contributed by atoms with Crippen molar-refractivity contribution in [2.75, 3.05) is 0 Å². The van der Waals surface area contributed by atoms with Crippen LogP contribution in [0.5, 0.6) is 0 Å². The standard InChI is InChI=1S/C20H16N2.C20H15N.2C17H15N.C15H13N3.2C3H8.12C2H6/c1-21-17-10-6-4-8-15(17)19-18(21)12-11-14-13-7-3-5-9-16(13)22(2)20(14)19;1-21-18-9-5-4-8-16(18)20-17-12-13-6-2-3-7-14(13)15(17)10-11-19(20)21;1-2-18-16-10-6-5-9-14(16)15-11-12-7-3-4-8-13(12)17(15)18;1-2-18-15-10-6-5-9-14(15)17-13-8-4-3-7-12(13)11-16(17)18;1-2-17-13-9-5-6-10-14(13)18-12-8-4-3-7-11(12)16-15(17)18;2*1-3-2;12*1-2/h3-12H,1-2H3;2-11H,12H2,1H3;2*3-10H,2,11H2,1H3;3-10H,2H2,1H3;2*3H2,1-2H3;12*1-2H3. The molecule has 8 heteroatoms. The van der Waals surface area contributed by atoms with E-state index in [9.17, 15) is 0 Å². The van der Waals surface area contributed by atoms with Crippen molar-refractivity contribution in [1.29, 1.82) is 0 Å². The van der Waals surface area contributed by atoms with E-state index in [0.29, 0.717) is 0 Å². The summed E-state index contributed by atoms with van der Waals surface area (Å²) in [5.41, 5.74) is 32.7. The molecule has 7 aromatic heterocycles. The van der Waals surface area contributed by atoms with Gasteiger partial charge in [0.1, 0.15) is 0 Å². The molecular formula is C119H162N8. The SMILES string of the molecule is CC.CC.CC.CC.CC.CC.CC.CC.CC.CC.CC.CC.CCC.CCC.CCn1c2c(c3ccccc31)-c1ccccc1C2.CCn1c2c(c3ccccc31)Cc1ccccc1-2.CCn1c2ccccc2n2c3ccccc3nc12.Cn1c2ccccc2c2c1ccc1c3ccccc3n(C)c12.Cn1c2ccccc2c2c3c(ccc21)-c1ccccc1C3. The van der Waals surface area contributed by atoms with E-state index in [0.717, 1.165) is 50.2 Å². The molecular weight excluding hydrogens is 1540 g/mol. The van der Waals surface area contributed by atoms with Crippen LogP contribution in [0.1, 0.15) is 261 Å². The Labute approximate surface area is 768 Å². The average Bonchev–Trinajstić information content (AvgIpc) is 1.56. The van der Waals surface area contributed by atoms with Crippen molar-refractivity contribution in [2.24, 2.45) is 21.1 Å². The summed E-state index contributed by atoms with van der Waals surface area (Å²) in [6, 6.07) is 95.8. The van der Waals surface area contributed by atoms with Gasteiger partial charge in [0, 0.05) is 147 Å². The monoisotopic (exact) mass is 1700 g/mol. The van der Waals surface area contributed by atoms with E-state index in [4.69, 9.17) is 4.98 Å². The molecule has 22 rings (SSSR count). The summed E-state index contributed by atoms with van der Waals surface area (Å²) in [5, 5.41) is 11.0. The van der Waals surface area contributed by atoms with Crippen LogP contribution in [0.3, 0.4) is 0 Å². The molecule has 0 saturated heterocycles. The molecule has 0 spiro atoms. The van der Waals surface area contributed by atoms with Crippen LogP contribution in [0.15, 0.2) is 267 Å². The predicted molar refractivity (Wildman–Crippen MR) is 577 cm³/mol. The third kappa shape index (κ3) is 22.3. The zero-order valence-electron chi connectivity index (χ0n) is 85.1. The fraction of sp³-hybridized carbons (Fsp3) is 0.353. The van der Waals surface area contributed by atoms with E-state index in [1.807, 2.05) is 172 Å². The van der Waals surface area contributed by atoms with Crippen molar-refractivity contribution in [3.63, 3.8) is 0 Å². The Balaban J connectivity index is 0.000000309. The zero-order chi connectivity index (χ0) is 94.6. The van der Waals surface area contributed by atoms with Gasteiger partial charge in [0.05, 0.1) is 38.8 Å². The van der Waals surface area contributed by atoms with E-state index in [-0.39, 0.29) is 0 Å². The molecule has 0 aliphatic heterocycles. The van der Waals surface area contributed by atoms with E-state index < -0.39 is 0 Å². The maximum atomic E-state index is 4.75. The zero-order valence-corrected chi connectivity index (χ0v) is 85.1. The molecule has 0 fully saturated rings. The lowest BCUT2D eigenvalue weighted by Gasteiger charge is -2.07. The highest BCUT2D eigenvalue weighted by Gasteiger charge is 2.28. The molecule has 0 amide bonds. The minimum absolute atomic E-state index is 0.931.